The lowest BCUT2D eigenvalue weighted by Gasteiger charge is -1.92. The van der Waals surface area contributed by atoms with E-state index in [0.29, 0.717) is 11.1 Å². The molecule has 1 aliphatic carbocycles. The summed E-state index contributed by atoms with van der Waals surface area (Å²) in [4.78, 5) is 12.9. The Hall–Kier alpha value is -1.34. The van der Waals surface area contributed by atoms with Crippen LogP contribution >= 0.6 is 23.1 Å². The average Bonchev–Trinajstić information content (AvgIpc) is 2.99. The number of carboxylic acid groups (broad SMARTS) is 1. The Morgan fingerprint density at radius 3 is 3.05 bits per heavy atom. The van der Waals surface area contributed by atoms with Gasteiger partial charge in [0.05, 0.1) is 4.88 Å². The van der Waals surface area contributed by atoms with Crippen LogP contribution in [0.25, 0.3) is 10.8 Å². The molecule has 0 aromatic carbocycles. The molecule has 0 saturated heterocycles. The Kier molecular flexibility index (Phi) is 4.07. The molecule has 0 spiro atoms. The van der Waals surface area contributed by atoms with Gasteiger partial charge in [-0.25, -0.2) is 0 Å². The van der Waals surface area contributed by atoms with Gasteiger partial charge in [-0.3, -0.25) is 4.79 Å². The van der Waals surface area contributed by atoms with Gasteiger partial charge in [-0.05, 0) is 37.3 Å². The summed E-state index contributed by atoms with van der Waals surface area (Å²) >= 11 is 2.76. The number of thioether (sulfide) groups is 1. The van der Waals surface area contributed by atoms with Crippen molar-refractivity contribution in [1.82, 2.24) is 10.2 Å². The number of carboxylic acids is 1. The predicted octanol–water partition coefficient (Wildman–Crippen LogP) is 3.24. The smallest absolute Gasteiger partial charge is 0.314 e. The highest BCUT2D eigenvalue weighted by Gasteiger charge is 2.17. The largest absolute Gasteiger partial charge is 0.481 e. The minimum atomic E-state index is -0.891. The van der Waals surface area contributed by atoms with Crippen molar-refractivity contribution in [2.24, 2.45) is 0 Å². The molecule has 1 aliphatic rings. The fourth-order valence-corrected chi connectivity index (χ4v) is 3.92. The van der Waals surface area contributed by atoms with E-state index in [0.717, 1.165) is 29.5 Å². The van der Waals surface area contributed by atoms with E-state index in [1.54, 1.807) is 11.3 Å². The second kappa shape index (κ2) is 5.97. The van der Waals surface area contributed by atoms with E-state index in [9.17, 15) is 4.79 Å². The molecule has 3 rings (SSSR count). The molecule has 2 heterocycles. The van der Waals surface area contributed by atoms with Crippen LogP contribution in [0.3, 0.4) is 0 Å². The topological polar surface area (TPSA) is 76.2 Å². The van der Waals surface area contributed by atoms with Gasteiger partial charge >= 0.3 is 5.97 Å². The standard InChI is InChI=1S/C13H14N2O3S2/c16-11(17)7-19-13-15-14-12(18-13)10-6-8-4-2-1-3-5-9(8)20-10/h6H,1-5,7H2,(H,16,17). The maximum atomic E-state index is 10.5. The van der Waals surface area contributed by atoms with Gasteiger partial charge < -0.3 is 9.52 Å². The van der Waals surface area contributed by atoms with Gasteiger partial charge in [0, 0.05) is 4.88 Å². The van der Waals surface area contributed by atoms with E-state index in [-0.39, 0.29) is 5.75 Å². The van der Waals surface area contributed by atoms with Gasteiger partial charge in [0.25, 0.3) is 11.1 Å². The van der Waals surface area contributed by atoms with Crippen LogP contribution in [-0.2, 0) is 17.6 Å². The fraction of sp³-hybridized carbons (Fsp3) is 0.462. The zero-order valence-corrected chi connectivity index (χ0v) is 12.4. The van der Waals surface area contributed by atoms with Crippen molar-refractivity contribution in [3.05, 3.63) is 16.5 Å². The third-order valence-corrected chi connectivity index (χ3v) is 5.21. The minimum absolute atomic E-state index is 0.0669. The van der Waals surface area contributed by atoms with Crippen molar-refractivity contribution in [2.45, 2.75) is 37.3 Å². The molecule has 20 heavy (non-hydrogen) atoms. The van der Waals surface area contributed by atoms with Crippen LogP contribution in [0, 0.1) is 0 Å². The first-order chi connectivity index (χ1) is 9.72. The van der Waals surface area contributed by atoms with Gasteiger partial charge in [-0.15, -0.1) is 21.5 Å². The van der Waals surface area contributed by atoms with Crippen LogP contribution in [0.15, 0.2) is 15.7 Å². The Bertz CT molecular complexity index is 597. The van der Waals surface area contributed by atoms with Gasteiger partial charge in [0.15, 0.2) is 0 Å². The third kappa shape index (κ3) is 3.04. The van der Waals surface area contributed by atoms with E-state index in [1.807, 2.05) is 0 Å². The lowest BCUT2D eigenvalue weighted by Crippen LogP contribution is -1.97. The van der Waals surface area contributed by atoms with Gasteiger partial charge in [0.1, 0.15) is 5.75 Å². The van der Waals surface area contributed by atoms with Crippen LogP contribution in [0.1, 0.15) is 29.7 Å². The Labute approximate surface area is 124 Å². The molecular formula is C13H14N2O3S2. The normalized spacial score (nSPS) is 14.8. The quantitative estimate of drug-likeness (QED) is 0.690. The number of carbonyl (C=O) groups is 1. The number of rotatable bonds is 4. The van der Waals surface area contributed by atoms with E-state index >= 15 is 0 Å². The number of aryl methyl sites for hydroxylation is 2. The summed E-state index contributed by atoms with van der Waals surface area (Å²) in [6.45, 7) is 0. The number of nitrogens with zero attached hydrogens (tertiary/aromatic N) is 2. The number of hydrogen-bond donors (Lipinski definition) is 1. The Morgan fingerprint density at radius 1 is 1.35 bits per heavy atom. The molecule has 0 amide bonds. The monoisotopic (exact) mass is 310 g/mol. The first kappa shape index (κ1) is 13.6. The SMILES string of the molecule is O=C(O)CSc1nnc(-c2cc3c(s2)CCCCC3)o1. The first-order valence-electron chi connectivity index (χ1n) is 6.52. The zero-order chi connectivity index (χ0) is 13.9. The molecular weight excluding hydrogens is 296 g/mol. The first-order valence-corrected chi connectivity index (χ1v) is 8.32. The summed E-state index contributed by atoms with van der Waals surface area (Å²) in [7, 11) is 0. The lowest BCUT2D eigenvalue weighted by molar-refractivity contribution is -0.133. The Balaban J connectivity index is 1.77. The van der Waals surface area contributed by atoms with Crippen LogP contribution in [0.4, 0.5) is 0 Å². The lowest BCUT2D eigenvalue weighted by atomic mass is 10.1. The molecule has 0 atom stereocenters. The van der Waals surface area contributed by atoms with E-state index in [1.165, 1.54) is 29.7 Å². The van der Waals surface area contributed by atoms with Gasteiger partial charge in [-0.1, -0.05) is 18.2 Å². The summed E-state index contributed by atoms with van der Waals surface area (Å²) in [5.74, 6) is -0.462. The molecule has 0 saturated carbocycles. The molecule has 7 heteroatoms. The Morgan fingerprint density at radius 2 is 2.20 bits per heavy atom. The highest BCUT2D eigenvalue weighted by Crippen LogP contribution is 2.35. The second-order valence-electron chi connectivity index (χ2n) is 4.68. The van der Waals surface area contributed by atoms with Gasteiger partial charge in [-0.2, -0.15) is 0 Å². The van der Waals surface area contributed by atoms with Crippen molar-refractivity contribution in [2.75, 3.05) is 5.75 Å². The highest BCUT2D eigenvalue weighted by molar-refractivity contribution is 7.99. The highest BCUT2D eigenvalue weighted by atomic mass is 32.2. The van der Waals surface area contributed by atoms with Crippen LogP contribution in [0.5, 0.6) is 0 Å². The van der Waals surface area contributed by atoms with Crippen molar-refractivity contribution in [3.63, 3.8) is 0 Å². The van der Waals surface area contributed by atoms with Crippen molar-refractivity contribution in [1.29, 1.82) is 0 Å². The predicted molar refractivity (Wildman–Crippen MR) is 77.2 cm³/mol. The van der Waals surface area contributed by atoms with Crippen molar-refractivity contribution in [3.8, 4) is 10.8 Å². The fourth-order valence-electron chi connectivity index (χ4n) is 2.26. The summed E-state index contributed by atoms with van der Waals surface area (Å²) in [6, 6.07) is 2.14. The molecule has 0 unspecified atom stereocenters. The van der Waals surface area contributed by atoms with E-state index in [2.05, 4.69) is 16.3 Å². The van der Waals surface area contributed by atoms with Gasteiger partial charge in [0.2, 0.25) is 0 Å². The zero-order valence-electron chi connectivity index (χ0n) is 10.8. The molecule has 0 fully saturated rings. The maximum absolute atomic E-state index is 10.5. The molecule has 2 aromatic rings. The van der Waals surface area contributed by atoms with Crippen molar-refractivity contribution >= 4 is 29.1 Å². The molecule has 2 aromatic heterocycles. The van der Waals surface area contributed by atoms with E-state index < -0.39 is 5.97 Å². The number of aliphatic carboxylic acids is 1. The number of fused-ring (bicyclic) bond motifs is 1. The van der Waals surface area contributed by atoms with Crippen LogP contribution in [0.2, 0.25) is 0 Å². The number of hydrogen-bond acceptors (Lipinski definition) is 6. The average molecular weight is 310 g/mol. The molecule has 0 bridgehead atoms. The molecule has 0 radical (unpaired) electrons. The molecule has 0 aliphatic heterocycles. The minimum Gasteiger partial charge on any atom is -0.481 e. The van der Waals surface area contributed by atoms with Crippen LogP contribution < -0.4 is 0 Å². The number of thiophene rings is 1. The molecule has 1 N–H and O–H groups in total. The second-order valence-corrected chi connectivity index (χ2v) is 6.74. The van der Waals surface area contributed by atoms with Crippen LogP contribution in [-0.4, -0.2) is 27.0 Å². The third-order valence-electron chi connectivity index (χ3n) is 3.18. The summed E-state index contributed by atoms with van der Waals surface area (Å²) in [5.41, 5.74) is 1.40. The van der Waals surface area contributed by atoms with E-state index in [4.69, 9.17) is 9.52 Å². The molecule has 5 nitrogen and oxygen atoms in total. The maximum Gasteiger partial charge on any atom is 0.314 e. The number of aromatic nitrogens is 2. The van der Waals surface area contributed by atoms with Crippen molar-refractivity contribution < 1.29 is 14.3 Å². The molecule has 106 valence electrons. The summed E-state index contributed by atoms with van der Waals surface area (Å²) in [6.07, 6.45) is 6.05. The summed E-state index contributed by atoms with van der Waals surface area (Å²) < 4.78 is 5.52. The summed E-state index contributed by atoms with van der Waals surface area (Å²) in [5, 5.41) is 16.8.